The lowest BCUT2D eigenvalue weighted by molar-refractivity contribution is 0.0511. The van der Waals surface area contributed by atoms with E-state index in [-0.39, 0.29) is 12.1 Å². The quantitative estimate of drug-likeness (QED) is 0.382. The Labute approximate surface area is 172 Å². The molecule has 0 aromatic carbocycles. The number of nitrogens with zero attached hydrogens (tertiary/aromatic N) is 2. The molecular weight excluding hydrogens is 364 g/mol. The van der Waals surface area contributed by atoms with E-state index in [0.717, 1.165) is 17.3 Å². The number of hydrogen-bond donors (Lipinski definition) is 0. The van der Waals surface area contributed by atoms with Gasteiger partial charge in [-0.2, -0.15) is 0 Å². The molecule has 0 aliphatic carbocycles. The molecular formula is C23H38N2O2Si. The van der Waals surface area contributed by atoms with Crippen LogP contribution in [0.3, 0.4) is 0 Å². The molecule has 0 fully saturated rings. The highest BCUT2D eigenvalue weighted by Crippen LogP contribution is 2.45. The van der Waals surface area contributed by atoms with Crippen molar-refractivity contribution in [1.29, 1.82) is 0 Å². The Balaban J connectivity index is 2.47. The summed E-state index contributed by atoms with van der Waals surface area (Å²) in [6, 6.07) is 5.99. The number of aryl methyl sites for hydroxylation is 1. The second-order valence-electron chi connectivity index (χ2n) is 8.72. The van der Waals surface area contributed by atoms with E-state index in [1.165, 1.54) is 0 Å². The Hall–Kier alpha value is -1.59. The molecule has 1 aliphatic heterocycles. The Bertz CT molecular complexity index is 691. The van der Waals surface area contributed by atoms with Crippen molar-refractivity contribution < 1.29 is 9.26 Å². The number of rotatable bonds is 7. The fraction of sp³-hybridized carbons (Fsp3) is 0.609. The lowest BCUT2D eigenvalue weighted by Crippen LogP contribution is -2.51. The standard InChI is InChI=1S/C23H38N2O2Si/c1-10-12-21-15-22(27-28(16(2)3,17(4)5)18(6)7)20(9)25(26-21)23-14-11-13-19(8)24-23/h10-18,20-21H,1-9H3/b12-10+/t20-,21+/m1/s1. The van der Waals surface area contributed by atoms with Crippen LogP contribution >= 0.6 is 0 Å². The van der Waals surface area contributed by atoms with Gasteiger partial charge in [0, 0.05) is 5.69 Å². The largest absolute Gasteiger partial charge is 0.544 e. The van der Waals surface area contributed by atoms with E-state index in [9.17, 15) is 0 Å². The molecule has 0 amide bonds. The predicted octanol–water partition coefficient (Wildman–Crippen LogP) is 6.55. The molecule has 0 bridgehead atoms. The van der Waals surface area contributed by atoms with Crippen molar-refractivity contribution in [3.8, 4) is 0 Å². The summed E-state index contributed by atoms with van der Waals surface area (Å²) in [5.74, 6) is 1.84. The molecule has 1 aliphatic rings. The smallest absolute Gasteiger partial charge is 0.258 e. The highest BCUT2D eigenvalue weighted by atomic mass is 28.4. The number of hydroxylamine groups is 1. The topological polar surface area (TPSA) is 34.6 Å². The van der Waals surface area contributed by atoms with E-state index in [1.54, 1.807) is 0 Å². The molecule has 2 rings (SSSR count). The van der Waals surface area contributed by atoms with E-state index in [2.05, 4.69) is 65.6 Å². The lowest BCUT2D eigenvalue weighted by atomic mass is 10.1. The maximum Gasteiger partial charge on any atom is 0.258 e. The fourth-order valence-corrected chi connectivity index (χ4v) is 9.88. The van der Waals surface area contributed by atoms with Crippen molar-refractivity contribution in [3.63, 3.8) is 0 Å². The van der Waals surface area contributed by atoms with E-state index in [0.29, 0.717) is 16.6 Å². The summed E-state index contributed by atoms with van der Waals surface area (Å²) >= 11 is 0. The monoisotopic (exact) mass is 402 g/mol. The van der Waals surface area contributed by atoms with Crippen molar-refractivity contribution in [2.45, 2.75) is 91.1 Å². The van der Waals surface area contributed by atoms with Crippen molar-refractivity contribution in [2.75, 3.05) is 5.06 Å². The van der Waals surface area contributed by atoms with E-state index < -0.39 is 8.32 Å². The van der Waals surface area contributed by atoms with Gasteiger partial charge in [-0.15, -0.1) is 0 Å². The molecule has 5 heteroatoms. The first-order valence-electron chi connectivity index (χ1n) is 10.6. The lowest BCUT2D eigenvalue weighted by Gasteiger charge is -2.46. The predicted molar refractivity (Wildman–Crippen MR) is 121 cm³/mol. The normalized spacial score (nSPS) is 21.1. The molecule has 1 aromatic heterocycles. The molecule has 0 saturated carbocycles. The van der Waals surface area contributed by atoms with Crippen LogP contribution in [-0.4, -0.2) is 25.4 Å². The minimum absolute atomic E-state index is 0.0288. The minimum atomic E-state index is -2.05. The molecule has 0 unspecified atom stereocenters. The van der Waals surface area contributed by atoms with Gasteiger partial charge in [0.05, 0.1) is 0 Å². The van der Waals surface area contributed by atoms with Crippen molar-refractivity contribution in [2.24, 2.45) is 0 Å². The van der Waals surface area contributed by atoms with Crippen LogP contribution in [0.15, 0.2) is 42.2 Å². The van der Waals surface area contributed by atoms with E-state index in [4.69, 9.17) is 9.26 Å². The second-order valence-corrected chi connectivity index (χ2v) is 14.1. The van der Waals surface area contributed by atoms with Crippen LogP contribution in [0.4, 0.5) is 5.82 Å². The SMILES string of the molecule is C/C=C/[C@H]1C=C(O[Si](C(C)C)(C(C)C)C(C)C)[C@@H](C)N(c2cccc(C)n2)O1. The van der Waals surface area contributed by atoms with Gasteiger partial charge in [-0.3, -0.25) is 4.84 Å². The van der Waals surface area contributed by atoms with Gasteiger partial charge in [0.2, 0.25) is 0 Å². The summed E-state index contributed by atoms with van der Waals surface area (Å²) in [6.07, 6.45) is 6.07. The van der Waals surface area contributed by atoms with Gasteiger partial charge >= 0.3 is 0 Å². The van der Waals surface area contributed by atoms with Crippen LogP contribution in [0.1, 0.15) is 61.1 Å². The zero-order chi connectivity index (χ0) is 21.1. The molecule has 156 valence electrons. The molecule has 0 N–H and O–H groups in total. The maximum atomic E-state index is 7.05. The van der Waals surface area contributed by atoms with Gasteiger partial charge in [-0.1, -0.05) is 59.8 Å². The average molecular weight is 403 g/mol. The Morgan fingerprint density at radius 2 is 1.71 bits per heavy atom. The third-order valence-corrected chi connectivity index (χ3v) is 11.8. The number of hydrogen-bond acceptors (Lipinski definition) is 4. The van der Waals surface area contributed by atoms with Gasteiger partial charge < -0.3 is 4.43 Å². The molecule has 28 heavy (non-hydrogen) atoms. The highest BCUT2D eigenvalue weighted by molar-refractivity contribution is 6.77. The molecule has 2 atom stereocenters. The van der Waals surface area contributed by atoms with Crippen LogP contribution in [0.5, 0.6) is 0 Å². The van der Waals surface area contributed by atoms with Gasteiger partial charge in [0.25, 0.3) is 8.32 Å². The highest BCUT2D eigenvalue weighted by Gasteiger charge is 2.48. The molecule has 4 nitrogen and oxygen atoms in total. The van der Waals surface area contributed by atoms with Crippen LogP contribution in [-0.2, 0) is 9.26 Å². The third kappa shape index (κ3) is 4.52. The molecule has 2 heterocycles. The average Bonchev–Trinajstić information content (AvgIpc) is 2.61. The minimum Gasteiger partial charge on any atom is -0.544 e. The zero-order valence-corrected chi connectivity index (χ0v) is 20.1. The van der Waals surface area contributed by atoms with Crippen LogP contribution in [0.2, 0.25) is 16.6 Å². The molecule has 0 saturated heterocycles. The summed E-state index contributed by atoms with van der Waals surface area (Å²) in [5.41, 5.74) is 2.54. The first kappa shape index (κ1) is 22.7. The molecule has 0 spiro atoms. The maximum absolute atomic E-state index is 7.05. The number of pyridine rings is 1. The summed E-state index contributed by atoms with van der Waals surface area (Å²) in [5, 5.41) is 1.91. The first-order valence-corrected chi connectivity index (χ1v) is 12.7. The van der Waals surface area contributed by atoms with E-state index >= 15 is 0 Å². The van der Waals surface area contributed by atoms with Gasteiger partial charge in [-0.25, -0.2) is 10.0 Å². The van der Waals surface area contributed by atoms with Crippen LogP contribution < -0.4 is 5.06 Å². The van der Waals surface area contributed by atoms with E-state index in [1.807, 2.05) is 43.2 Å². The van der Waals surface area contributed by atoms with Gasteiger partial charge in [0.15, 0.2) is 5.82 Å². The van der Waals surface area contributed by atoms with Crippen LogP contribution in [0.25, 0.3) is 0 Å². The molecule has 1 aromatic rings. The Kier molecular flexibility index (Phi) is 7.51. The fourth-order valence-electron chi connectivity index (χ4n) is 4.53. The van der Waals surface area contributed by atoms with Crippen molar-refractivity contribution >= 4 is 14.1 Å². The summed E-state index contributed by atoms with van der Waals surface area (Å²) in [6.45, 7) is 20.1. The first-order chi connectivity index (χ1) is 13.1. The Morgan fingerprint density at radius 3 is 2.21 bits per heavy atom. The van der Waals surface area contributed by atoms with Gasteiger partial charge in [0.1, 0.15) is 17.9 Å². The summed E-state index contributed by atoms with van der Waals surface area (Å²) < 4.78 is 7.05. The van der Waals surface area contributed by atoms with Crippen molar-refractivity contribution in [1.82, 2.24) is 4.98 Å². The summed E-state index contributed by atoms with van der Waals surface area (Å²) in [7, 11) is -2.05. The van der Waals surface area contributed by atoms with Crippen LogP contribution in [0, 0.1) is 6.92 Å². The number of allylic oxidation sites excluding steroid dienone is 1. The van der Waals surface area contributed by atoms with Gasteiger partial charge in [-0.05, 0) is 55.6 Å². The summed E-state index contributed by atoms with van der Waals surface area (Å²) in [4.78, 5) is 10.9. The third-order valence-electron chi connectivity index (χ3n) is 5.81. The number of anilines is 1. The second kappa shape index (κ2) is 9.27. The zero-order valence-electron chi connectivity index (χ0n) is 19.1. The Morgan fingerprint density at radius 1 is 1.11 bits per heavy atom. The molecule has 0 radical (unpaired) electrons. The van der Waals surface area contributed by atoms with Crippen molar-refractivity contribution in [3.05, 3.63) is 47.9 Å². The number of aromatic nitrogens is 1.